The Bertz CT molecular complexity index is 465. The van der Waals surface area contributed by atoms with Gasteiger partial charge in [-0.05, 0) is 50.0 Å². The Morgan fingerprint density at radius 2 is 1.86 bits per heavy atom. The highest BCUT2D eigenvalue weighted by Gasteiger charge is 2.42. The number of amides is 1. The lowest BCUT2D eigenvalue weighted by Crippen LogP contribution is -2.47. The van der Waals surface area contributed by atoms with Crippen LogP contribution in [0.25, 0.3) is 0 Å². The summed E-state index contributed by atoms with van der Waals surface area (Å²) in [5.41, 5.74) is 0. The molecular weight excluding hydrogens is 282 g/mol. The highest BCUT2D eigenvalue weighted by atomic mass is 32.2. The zero-order chi connectivity index (χ0) is 14.7. The number of piperidine rings is 1. The van der Waals surface area contributed by atoms with Gasteiger partial charge in [0.2, 0.25) is 5.91 Å². The van der Waals surface area contributed by atoms with Crippen molar-refractivity contribution < 1.29 is 9.90 Å². The molecule has 2 bridgehead atoms. The average molecular weight is 305 g/mol. The van der Waals surface area contributed by atoms with Crippen LogP contribution >= 0.6 is 11.8 Å². The van der Waals surface area contributed by atoms with Crippen LogP contribution in [0.4, 0.5) is 0 Å². The van der Waals surface area contributed by atoms with Gasteiger partial charge in [0, 0.05) is 23.4 Å². The summed E-state index contributed by atoms with van der Waals surface area (Å²) in [6, 6.07) is 10.9. The van der Waals surface area contributed by atoms with Gasteiger partial charge in [0.15, 0.2) is 0 Å². The summed E-state index contributed by atoms with van der Waals surface area (Å²) in [4.78, 5) is 15.8. The molecule has 2 saturated heterocycles. The summed E-state index contributed by atoms with van der Waals surface area (Å²) in [6.45, 7) is 0. The smallest absolute Gasteiger partial charge is 0.223 e. The van der Waals surface area contributed by atoms with Crippen LogP contribution in [-0.4, -0.2) is 39.9 Å². The minimum atomic E-state index is -0.194. The Hall–Kier alpha value is -1.00. The summed E-state index contributed by atoms with van der Waals surface area (Å²) < 4.78 is 0. The molecular formula is C17H23NO2S. The number of hydrogen-bond donors (Lipinski definition) is 1. The number of aliphatic hydroxyl groups excluding tert-OH is 1. The normalized spacial score (nSPS) is 27.9. The van der Waals surface area contributed by atoms with Gasteiger partial charge in [-0.2, -0.15) is 0 Å². The maximum atomic E-state index is 12.4. The molecule has 1 N–H and O–H groups in total. The highest BCUT2D eigenvalue weighted by molar-refractivity contribution is 7.99. The molecule has 0 aromatic heterocycles. The SMILES string of the molecule is O=C(CCCSc1ccccc1)N1C2CCC1CC(O)C2. The van der Waals surface area contributed by atoms with Crippen LogP contribution in [0.15, 0.2) is 35.2 Å². The fraction of sp³-hybridized carbons (Fsp3) is 0.588. The molecule has 0 radical (unpaired) electrons. The predicted octanol–water partition coefficient (Wildman–Crippen LogP) is 3.07. The van der Waals surface area contributed by atoms with Gasteiger partial charge in [-0.25, -0.2) is 0 Å². The lowest BCUT2D eigenvalue weighted by Gasteiger charge is -2.37. The van der Waals surface area contributed by atoms with E-state index in [1.807, 2.05) is 30.0 Å². The number of nitrogens with zero attached hydrogens (tertiary/aromatic N) is 1. The van der Waals surface area contributed by atoms with Crippen molar-refractivity contribution in [2.45, 2.75) is 61.6 Å². The minimum absolute atomic E-state index is 0.194. The number of hydrogen-bond acceptors (Lipinski definition) is 3. The monoisotopic (exact) mass is 305 g/mol. The van der Waals surface area contributed by atoms with Gasteiger partial charge in [0.05, 0.1) is 6.10 Å². The Labute approximate surface area is 130 Å². The first kappa shape index (κ1) is 14.9. The lowest BCUT2D eigenvalue weighted by atomic mass is 9.99. The summed E-state index contributed by atoms with van der Waals surface area (Å²) in [7, 11) is 0. The van der Waals surface area contributed by atoms with E-state index in [0.717, 1.165) is 37.9 Å². The number of fused-ring (bicyclic) bond motifs is 2. The summed E-state index contributed by atoms with van der Waals surface area (Å²) in [5.74, 6) is 1.28. The van der Waals surface area contributed by atoms with Gasteiger partial charge in [0.1, 0.15) is 0 Å². The highest BCUT2D eigenvalue weighted by Crippen LogP contribution is 2.36. The molecule has 2 aliphatic rings. The van der Waals surface area contributed by atoms with Crippen molar-refractivity contribution in [1.29, 1.82) is 0 Å². The van der Waals surface area contributed by atoms with Crippen molar-refractivity contribution in [3.05, 3.63) is 30.3 Å². The Morgan fingerprint density at radius 3 is 2.52 bits per heavy atom. The molecule has 0 aliphatic carbocycles. The Balaban J connectivity index is 1.43. The molecule has 3 rings (SSSR count). The largest absolute Gasteiger partial charge is 0.393 e. The van der Waals surface area contributed by atoms with E-state index >= 15 is 0 Å². The van der Waals surface area contributed by atoms with E-state index in [2.05, 4.69) is 17.0 Å². The van der Waals surface area contributed by atoms with E-state index < -0.39 is 0 Å². The molecule has 2 heterocycles. The lowest BCUT2D eigenvalue weighted by molar-refractivity contribution is -0.137. The van der Waals surface area contributed by atoms with E-state index in [1.54, 1.807) is 0 Å². The van der Waals surface area contributed by atoms with Crippen molar-refractivity contribution in [1.82, 2.24) is 4.90 Å². The van der Waals surface area contributed by atoms with Crippen molar-refractivity contribution in [2.75, 3.05) is 5.75 Å². The molecule has 1 amide bonds. The van der Waals surface area contributed by atoms with Crippen molar-refractivity contribution in [3.8, 4) is 0 Å². The van der Waals surface area contributed by atoms with Crippen LogP contribution < -0.4 is 0 Å². The number of aliphatic hydroxyl groups is 1. The van der Waals surface area contributed by atoms with Gasteiger partial charge >= 0.3 is 0 Å². The molecule has 2 fully saturated rings. The topological polar surface area (TPSA) is 40.5 Å². The molecule has 114 valence electrons. The summed E-state index contributed by atoms with van der Waals surface area (Å²) in [5, 5.41) is 9.79. The molecule has 3 nitrogen and oxygen atoms in total. The number of carbonyl (C=O) groups is 1. The summed E-state index contributed by atoms with van der Waals surface area (Å²) in [6.07, 6.45) is 5.08. The zero-order valence-corrected chi connectivity index (χ0v) is 13.1. The van der Waals surface area contributed by atoms with Gasteiger partial charge < -0.3 is 10.0 Å². The molecule has 2 unspecified atom stereocenters. The van der Waals surface area contributed by atoms with E-state index in [4.69, 9.17) is 0 Å². The molecule has 0 saturated carbocycles. The minimum Gasteiger partial charge on any atom is -0.393 e. The molecule has 21 heavy (non-hydrogen) atoms. The molecule has 4 heteroatoms. The standard InChI is InChI=1S/C17H23NO2S/c19-15-11-13-8-9-14(12-15)18(13)17(20)7-4-10-21-16-5-2-1-3-6-16/h1-3,5-6,13-15,19H,4,7-12H2. The Kier molecular flexibility index (Phi) is 4.86. The second kappa shape index (κ2) is 6.84. The van der Waals surface area contributed by atoms with Crippen LogP contribution in [-0.2, 0) is 4.79 Å². The molecule has 1 aromatic carbocycles. The van der Waals surface area contributed by atoms with Crippen molar-refractivity contribution in [2.24, 2.45) is 0 Å². The van der Waals surface area contributed by atoms with E-state index in [0.29, 0.717) is 24.4 Å². The maximum Gasteiger partial charge on any atom is 0.223 e. The van der Waals surface area contributed by atoms with E-state index in [1.165, 1.54) is 4.90 Å². The van der Waals surface area contributed by atoms with Crippen LogP contribution in [0.2, 0.25) is 0 Å². The maximum absolute atomic E-state index is 12.4. The third kappa shape index (κ3) is 3.61. The number of carbonyl (C=O) groups excluding carboxylic acids is 1. The van der Waals surface area contributed by atoms with Gasteiger partial charge in [-0.3, -0.25) is 4.79 Å². The van der Waals surface area contributed by atoms with Crippen LogP contribution in [0.3, 0.4) is 0 Å². The zero-order valence-electron chi connectivity index (χ0n) is 12.3. The average Bonchev–Trinajstić information content (AvgIpc) is 2.77. The number of thioether (sulfide) groups is 1. The quantitative estimate of drug-likeness (QED) is 0.671. The fourth-order valence-corrected chi connectivity index (χ4v) is 4.49. The molecule has 2 atom stereocenters. The van der Waals surface area contributed by atoms with Crippen molar-refractivity contribution >= 4 is 17.7 Å². The van der Waals surface area contributed by atoms with Crippen LogP contribution in [0.5, 0.6) is 0 Å². The summed E-state index contributed by atoms with van der Waals surface area (Å²) >= 11 is 1.82. The van der Waals surface area contributed by atoms with E-state index in [-0.39, 0.29) is 6.10 Å². The van der Waals surface area contributed by atoms with Gasteiger partial charge in [0.25, 0.3) is 0 Å². The van der Waals surface area contributed by atoms with Gasteiger partial charge in [-0.15, -0.1) is 11.8 Å². The van der Waals surface area contributed by atoms with Crippen LogP contribution in [0.1, 0.15) is 38.5 Å². The fourth-order valence-electron chi connectivity index (χ4n) is 3.61. The third-order valence-corrected chi connectivity index (χ3v) is 5.64. The Morgan fingerprint density at radius 1 is 1.19 bits per heavy atom. The second-order valence-electron chi connectivity index (χ2n) is 6.08. The van der Waals surface area contributed by atoms with E-state index in [9.17, 15) is 9.90 Å². The molecule has 1 aromatic rings. The first-order valence-corrected chi connectivity index (χ1v) is 8.89. The first-order valence-electron chi connectivity index (χ1n) is 7.91. The predicted molar refractivity (Wildman–Crippen MR) is 85.3 cm³/mol. The van der Waals surface area contributed by atoms with Crippen molar-refractivity contribution in [3.63, 3.8) is 0 Å². The van der Waals surface area contributed by atoms with Crippen LogP contribution in [0, 0.1) is 0 Å². The number of rotatable bonds is 5. The number of benzene rings is 1. The van der Waals surface area contributed by atoms with Gasteiger partial charge in [-0.1, -0.05) is 18.2 Å². The second-order valence-corrected chi connectivity index (χ2v) is 7.24. The molecule has 0 spiro atoms. The third-order valence-electron chi connectivity index (χ3n) is 4.54. The first-order chi connectivity index (χ1) is 10.2. The molecule has 2 aliphatic heterocycles.